The van der Waals surface area contributed by atoms with Crippen molar-refractivity contribution in [2.75, 3.05) is 27.2 Å². The Balaban J connectivity index is 0.00000400. The third kappa shape index (κ3) is 8.69. The molecule has 0 bridgehead atoms. The first kappa shape index (κ1) is 19.9. The second-order valence-electron chi connectivity index (χ2n) is 4.73. The zero-order valence-electron chi connectivity index (χ0n) is 13.0. The van der Waals surface area contributed by atoms with E-state index in [1.807, 2.05) is 17.7 Å². The smallest absolute Gasteiger partial charge is 0.193 e. The fourth-order valence-corrected chi connectivity index (χ4v) is 1.92. The van der Waals surface area contributed by atoms with Crippen LogP contribution < -0.4 is 5.32 Å². The van der Waals surface area contributed by atoms with Crippen molar-refractivity contribution in [2.24, 2.45) is 4.99 Å². The molecule has 1 rings (SSSR count). The maximum atomic E-state index is 4.29. The minimum Gasteiger partial charge on any atom is -0.356 e. The lowest BCUT2D eigenvalue weighted by Gasteiger charge is -2.21. The number of hydrogen-bond acceptors (Lipinski definition) is 3. The molecule has 1 aromatic heterocycles. The third-order valence-electron chi connectivity index (χ3n) is 3.07. The molecular formula is C14H27IN6. The minimum atomic E-state index is 0. The summed E-state index contributed by atoms with van der Waals surface area (Å²) in [7, 11) is 3.89. The van der Waals surface area contributed by atoms with E-state index in [4.69, 9.17) is 0 Å². The SMILES string of the molecule is C=CCCCN(C)C(=NC)NCCCCn1cnnc1.I. The molecular weight excluding hydrogens is 379 g/mol. The van der Waals surface area contributed by atoms with Crippen LogP contribution in [0.4, 0.5) is 0 Å². The number of rotatable bonds is 9. The van der Waals surface area contributed by atoms with Gasteiger partial charge in [-0.25, -0.2) is 0 Å². The molecule has 0 aliphatic rings. The summed E-state index contributed by atoms with van der Waals surface area (Å²) in [6.07, 6.45) is 9.79. The standard InChI is InChI=1S/C14H26N6.HI/c1-4-5-7-10-19(3)14(15-2)16-9-6-8-11-20-12-17-18-13-20;/h4,12-13H,1,5-11H2,2-3H3,(H,15,16);1H. The summed E-state index contributed by atoms with van der Waals surface area (Å²) in [5.41, 5.74) is 0. The maximum absolute atomic E-state index is 4.29. The molecule has 0 amide bonds. The maximum Gasteiger partial charge on any atom is 0.193 e. The lowest BCUT2D eigenvalue weighted by atomic mass is 10.3. The average molecular weight is 406 g/mol. The number of hydrogen-bond donors (Lipinski definition) is 1. The number of aryl methyl sites for hydroxylation is 1. The van der Waals surface area contributed by atoms with Gasteiger partial charge in [-0.15, -0.1) is 40.8 Å². The van der Waals surface area contributed by atoms with Crippen LogP contribution in [-0.2, 0) is 6.54 Å². The highest BCUT2D eigenvalue weighted by atomic mass is 127. The molecule has 0 fully saturated rings. The van der Waals surface area contributed by atoms with Gasteiger partial charge in [0, 0.05) is 33.7 Å². The minimum absolute atomic E-state index is 0. The molecule has 0 spiro atoms. The first-order valence-electron chi connectivity index (χ1n) is 7.13. The van der Waals surface area contributed by atoms with E-state index in [2.05, 4.69) is 39.0 Å². The van der Waals surface area contributed by atoms with Crippen molar-refractivity contribution in [3.05, 3.63) is 25.3 Å². The molecule has 0 saturated heterocycles. The van der Waals surface area contributed by atoms with Crippen LogP contribution in [0.3, 0.4) is 0 Å². The molecule has 1 heterocycles. The zero-order chi connectivity index (χ0) is 14.6. The van der Waals surface area contributed by atoms with E-state index < -0.39 is 0 Å². The first-order valence-corrected chi connectivity index (χ1v) is 7.13. The highest BCUT2D eigenvalue weighted by Gasteiger charge is 2.03. The molecule has 0 aliphatic carbocycles. The lowest BCUT2D eigenvalue weighted by Crippen LogP contribution is -2.39. The Hall–Kier alpha value is -1.12. The fraction of sp³-hybridized carbons (Fsp3) is 0.643. The number of guanidine groups is 1. The number of nitrogens with zero attached hydrogens (tertiary/aromatic N) is 5. The van der Waals surface area contributed by atoms with Gasteiger partial charge >= 0.3 is 0 Å². The predicted octanol–water partition coefficient (Wildman–Crippen LogP) is 2.15. The van der Waals surface area contributed by atoms with E-state index in [0.29, 0.717) is 0 Å². The summed E-state index contributed by atoms with van der Waals surface area (Å²) in [5, 5.41) is 11.0. The largest absolute Gasteiger partial charge is 0.356 e. The normalized spacial score (nSPS) is 10.9. The Kier molecular flexibility index (Phi) is 11.9. The quantitative estimate of drug-likeness (QED) is 0.225. The Labute approximate surface area is 144 Å². The van der Waals surface area contributed by atoms with Crippen LogP contribution in [0, 0.1) is 0 Å². The number of unbranched alkanes of at least 4 members (excludes halogenated alkanes) is 2. The summed E-state index contributed by atoms with van der Waals surface area (Å²) >= 11 is 0. The monoisotopic (exact) mass is 406 g/mol. The Bertz CT molecular complexity index is 390. The molecule has 6 nitrogen and oxygen atoms in total. The predicted molar refractivity (Wildman–Crippen MR) is 98.1 cm³/mol. The van der Waals surface area contributed by atoms with Crippen LogP contribution >= 0.6 is 24.0 Å². The van der Waals surface area contributed by atoms with Crippen molar-refractivity contribution in [3.63, 3.8) is 0 Å². The summed E-state index contributed by atoms with van der Waals surface area (Å²) in [5.74, 6) is 0.957. The Morgan fingerprint density at radius 2 is 2.05 bits per heavy atom. The van der Waals surface area contributed by atoms with Gasteiger partial charge in [0.25, 0.3) is 0 Å². The number of aliphatic imine (C=N–C) groups is 1. The van der Waals surface area contributed by atoms with E-state index in [9.17, 15) is 0 Å². The van der Waals surface area contributed by atoms with Crippen molar-refractivity contribution in [3.8, 4) is 0 Å². The molecule has 0 radical (unpaired) electrons. The van der Waals surface area contributed by atoms with Crippen LogP contribution in [0.15, 0.2) is 30.3 Å². The van der Waals surface area contributed by atoms with Gasteiger partial charge < -0.3 is 14.8 Å². The molecule has 0 saturated carbocycles. The number of halogens is 1. The van der Waals surface area contributed by atoms with Crippen LogP contribution in [0.2, 0.25) is 0 Å². The third-order valence-corrected chi connectivity index (χ3v) is 3.07. The van der Waals surface area contributed by atoms with Crippen molar-refractivity contribution in [1.82, 2.24) is 25.0 Å². The van der Waals surface area contributed by atoms with Gasteiger partial charge in [-0.05, 0) is 25.7 Å². The topological polar surface area (TPSA) is 58.3 Å². The lowest BCUT2D eigenvalue weighted by molar-refractivity contribution is 0.467. The summed E-state index contributed by atoms with van der Waals surface area (Å²) in [4.78, 5) is 6.45. The molecule has 1 N–H and O–H groups in total. The van der Waals surface area contributed by atoms with Crippen molar-refractivity contribution in [2.45, 2.75) is 32.2 Å². The van der Waals surface area contributed by atoms with Crippen LogP contribution in [0.1, 0.15) is 25.7 Å². The van der Waals surface area contributed by atoms with Gasteiger partial charge in [0.05, 0.1) is 0 Å². The summed E-state index contributed by atoms with van der Waals surface area (Å²) in [6.45, 7) is 6.62. The molecule has 7 heteroatoms. The van der Waals surface area contributed by atoms with Crippen LogP contribution in [-0.4, -0.2) is 52.8 Å². The van der Waals surface area contributed by atoms with E-state index in [-0.39, 0.29) is 24.0 Å². The van der Waals surface area contributed by atoms with E-state index in [1.165, 1.54) is 0 Å². The van der Waals surface area contributed by atoms with E-state index in [1.54, 1.807) is 12.7 Å². The zero-order valence-corrected chi connectivity index (χ0v) is 15.4. The van der Waals surface area contributed by atoms with Crippen LogP contribution in [0.5, 0.6) is 0 Å². The second kappa shape index (κ2) is 12.6. The summed E-state index contributed by atoms with van der Waals surface area (Å²) < 4.78 is 2.00. The van der Waals surface area contributed by atoms with Crippen molar-refractivity contribution < 1.29 is 0 Å². The average Bonchev–Trinajstić information content (AvgIpc) is 2.96. The van der Waals surface area contributed by atoms with Gasteiger partial charge in [-0.2, -0.15) is 0 Å². The number of nitrogens with one attached hydrogen (secondary N) is 1. The molecule has 0 unspecified atom stereocenters. The van der Waals surface area contributed by atoms with Gasteiger partial charge in [-0.1, -0.05) is 6.08 Å². The van der Waals surface area contributed by atoms with E-state index in [0.717, 1.165) is 51.3 Å². The highest BCUT2D eigenvalue weighted by Crippen LogP contribution is 1.96. The van der Waals surface area contributed by atoms with Crippen molar-refractivity contribution >= 4 is 29.9 Å². The highest BCUT2D eigenvalue weighted by molar-refractivity contribution is 14.0. The van der Waals surface area contributed by atoms with Crippen molar-refractivity contribution in [1.29, 1.82) is 0 Å². The van der Waals surface area contributed by atoms with Gasteiger partial charge in [-0.3, -0.25) is 4.99 Å². The molecule has 21 heavy (non-hydrogen) atoms. The molecule has 0 aliphatic heterocycles. The van der Waals surface area contributed by atoms with Gasteiger partial charge in [0.2, 0.25) is 0 Å². The second-order valence-corrected chi connectivity index (χ2v) is 4.73. The Morgan fingerprint density at radius 3 is 2.67 bits per heavy atom. The fourth-order valence-electron chi connectivity index (χ4n) is 1.92. The van der Waals surface area contributed by atoms with Gasteiger partial charge in [0.1, 0.15) is 12.7 Å². The first-order chi connectivity index (χ1) is 9.77. The van der Waals surface area contributed by atoms with E-state index >= 15 is 0 Å². The molecule has 0 aromatic carbocycles. The molecule has 120 valence electrons. The number of allylic oxidation sites excluding steroid dienone is 1. The Morgan fingerprint density at radius 1 is 1.33 bits per heavy atom. The molecule has 1 aromatic rings. The molecule has 0 atom stereocenters. The summed E-state index contributed by atoms with van der Waals surface area (Å²) in [6, 6.07) is 0. The van der Waals surface area contributed by atoms with Gasteiger partial charge in [0.15, 0.2) is 5.96 Å². The number of aromatic nitrogens is 3. The van der Waals surface area contributed by atoms with Crippen LogP contribution in [0.25, 0.3) is 0 Å².